The maximum Gasteiger partial charge on any atom is 0.230 e. The lowest BCUT2D eigenvalue weighted by molar-refractivity contribution is -0.120. The van der Waals surface area contributed by atoms with Crippen LogP contribution in [-0.4, -0.2) is 32.5 Å². The van der Waals surface area contributed by atoms with E-state index < -0.39 is 0 Å². The van der Waals surface area contributed by atoms with Crippen molar-refractivity contribution in [2.45, 2.75) is 50.9 Å². The molecule has 2 heterocycles. The molecule has 1 aliphatic carbocycles. The van der Waals surface area contributed by atoms with Crippen molar-refractivity contribution in [1.29, 1.82) is 0 Å². The molecule has 3 rings (SSSR count). The van der Waals surface area contributed by atoms with Gasteiger partial charge in [0.05, 0.1) is 12.0 Å². The SMILES string of the molecule is C=CCn1c(SCC(=O)NC2CCCC(C)C2C)nnc1-c1ccco1. The van der Waals surface area contributed by atoms with Gasteiger partial charge in [-0.2, -0.15) is 0 Å². The normalized spacial score (nSPS) is 22.9. The number of amides is 1. The molecule has 0 radical (unpaired) electrons. The molecule has 2 aromatic heterocycles. The molecule has 140 valence electrons. The Balaban J connectivity index is 1.62. The Labute approximate surface area is 158 Å². The molecule has 1 saturated carbocycles. The Kier molecular flexibility index (Phi) is 6.19. The quantitative estimate of drug-likeness (QED) is 0.590. The number of rotatable bonds is 7. The van der Waals surface area contributed by atoms with E-state index in [2.05, 4.69) is 35.9 Å². The zero-order valence-electron chi connectivity index (χ0n) is 15.4. The van der Waals surface area contributed by atoms with Gasteiger partial charge in [-0.05, 0) is 30.4 Å². The molecule has 0 bridgehead atoms. The minimum atomic E-state index is 0.0497. The zero-order valence-corrected chi connectivity index (χ0v) is 16.2. The number of furan rings is 1. The lowest BCUT2D eigenvalue weighted by Gasteiger charge is -2.34. The van der Waals surface area contributed by atoms with E-state index in [9.17, 15) is 4.79 Å². The second-order valence-corrected chi connectivity index (χ2v) is 7.86. The number of aromatic nitrogens is 3. The second kappa shape index (κ2) is 8.58. The summed E-state index contributed by atoms with van der Waals surface area (Å²) >= 11 is 1.39. The van der Waals surface area contributed by atoms with Gasteiger partial charge >= 0.3 is 0 Å². The third-order valence-electron chi connectivity index (χ3n) is 5.16. The van der Waals surface area contributed by atoms with Gasteiger partial charge in [0.2, 0.25) is 11.7 Å². The van der Waals surface area contributed by atoms with E-state index in [4.69, 9.17) is 4.42 Å². The van der Waals surface area contributed by atoms with Crippen LogP contribution in [0.1, 0.15) is 33.1 Å². The number of nitrogens with one attached hydrogen (secondary N) is 1. The molecule has 0 aromatic carbocycles. The van der Waals surface area contributed by atoms with Gasteiger partial charge in [0, 0.05) is 12.6 Å². The van der Waals surface area contributed by atoms with E-state index in [1.165, 1.54) is 24.6 Å². The van der Waals surface area contributed by atoms with Crippen molar-refractivity contribution in [2.75, 3.05) is 5.75 Å². The summed E-state index contributed by atoms with van der Waals surface area (Å²) in [6.45, 7) is 8.86. The van der Waals surface area contributed by atoms with Crippen molar-refractivity contribution in [2.24, 2.45) is 11.8 Å². The fourth-order valence-electron chi connectivity index (χ4n) is 3.44. The van der Waals surface area contributed by atoms with Crippen LogP contribution in [-0.2, 0) is 11.3 Å². The van der Waals surface area contributed by atoms with Gasteiger partial charge in [0.15, 0.2) is 10.9 Å². The molecule has 1 aliphatic rings. The van der Waals surface area contributed by atoms with Crippen LogP contribution >= 0.6 is 11.8 Å². The van der Waals surface area contributed by atoms with Crippen LogP contribution in [0, 0.1) is 11.8 Å². The van der Waals surface area contributed by atoms with Crippen LogP contribution in [0.4, 0.5) is 0 Å². The first-order chi connectivity index (χ1) is 12.6. The average Bonchev–Trinajstić information content (AvgIpc) is 3.27. The van der Waals surface area contributed by atoms with Crippen LogP contribution in [0.15, 0.2) is 40.6 Å². The van der Waals surface area contributed by atoms with E-state index in [1.807, 2.05) is 16.7 Å². The summed E-state index contributed by atoms with van der Waals surface area (Å²) in [5.41, 5.74) is 0. The standard InChI is InChI=1S/C19H26N4O2S/c1-4-10-23-18(16-9-6-11-25-16)21-22-19(23)26-12-17(24)20-15-8-5-7-13(2)14(15)3/h4,6,9,11,13-15H,1,5,7-8,10,12H2,2-3H3,(H,20,24). The van der Waals surface area contributed by atoms with Gasteiger partial charge in [-0.15, -0.1) is 16.8 Å². The Morgan fingerprint density at radius 3 is 3.04 bits per heavy atom. The highest BCUT2D eigenvalue weighted by atomic mass is 32.2. The van der Waals surface area contributed by atoms with Crippen LogP contribution in [0.3, 0.4) is 0 Å². The highest BCUT2D eigenvalue weighted by Gasteiger charge is 2.28. The molecule has 1 amide bonds. The van der Waals surface area contributed by atoms with Gasteiger partial charge < -0.3 is 9.73 Å². The number of hydrogen-bond donors (Lipinski definition) is 1. The summed E-state index contributed by atoms with van der Waals surface area (Å²) in [5, 5.41) is 12.3. The van der Waals surface area contributed by atoms with Gasteiger partial charge in [-0.1, -0.05) is 44.5 Å². The first-order valence-corrected chi connectivity index (χ1v) is 10.1. The largest absolute Gasteiger partial charge is 0.461 e. The highest BCUT2D eigenvalue weighted by molar-refractivity contribution is 7.99. The van der Waals surface area contributed by atoms with E-state index in [0.29, 0.717) is 40.9 Å². The lowest BCUT2D eigenvalue weighted by Crippen LogP contribution is -2.44. The molecule has 0 saturated heterocycles. The second-order valence-electron chi connectivity index (χ2n) is 6.91. The number of thioether (sulfide) groups is 1. The Bertz CT molecular complexity index is 741. The summed E-state index contributed by atoms with van der Waals surface area (Å²) in [7, 11) is 0. The van der Waals surface area contributed by atoms with Crippen molar-refractivity contribution in [3.05, 3.63) is 31.1 Å². The van der Waals surface area contributed by atoms with Crippen LogP contribution in [0.5, 0.6) is 0 Å². The Hall–Kier alpha value is -2.02. The molecule has 1 fully saturated rings. The topological polar surface area (TPSA) is 73.0 Å². The van der Waals surface area contributed by atoms with Gasteiger partial charge in [0.1, 0.15) is 0 Å². The van der Waals surface area contributed by atoms with E-state index in [0.717, 1.165) is 6.42 Å². The summed E-state index contributed by atoms with van der Waals surface area (Å²) in [5.74, 6) is 2.85. The molecule has 0 spiro atoms. The van der Waals surface area contributed by atoms with Crippen molar-refractivity contribution in [3.8, 4) is 11.6 Å². The zero-order chi connectivity index (χ0) is 18.5. The molecule has 26 heavy (non-hydrogen) atoms. The Morgan fingerprint density at radius 2 is 2.31 bits per heavy atom. The molecule has 7 heteroatoms. The molecular formula is C19H26N4O2S. The number of carbonyl (C=O) groups excluding carboxylic acids is 1. The lowest BCUT2D eigenvalue weighted by atomic mass is 9.78. The van der Waals surface area contributed by atoms with Crippen molar-refractivity contribution in [1.82, 2.24) is 20.1 Å². The fourth-order valence-corrected chi connectivity index (χ4v) is 4.20. The van der Waals surface area contributed by atoms with E-state index >= 15 is 0 Å². The summed E-state index contributed by atoms with van der Waals surface area (Å²) in [6.07, 6.45) is 6.89. The maximum absolute atomic E-state index is 12.4. The van der Waals surface area contributed by atoms with E-state index in [1.54, 1.807) is 12.3 Å². The van der Waals surface area contributed by atoms with Crippen molar-refractivity contribution in [3.63, 3.8) is 0 Å². The third kappa shape index (κ3) is 4.20. The summed E-state index contributed by atoms with van der Waals surface area (Å²) in [4.78, 5) is 12.4. The first kappa shape index (κ1) is 18.8. The van der Waals surface area contributed by atoms with Gasteiger partial charge in [-0.25, -0.2) is 0 Å². The van der Waals surface area contributed by atoms with Crippen molar-refractivity contribution < 1.29 is 9.21 Å². The highest BCUT2D eigenvalue weighted by Crippen LogP contribution is 2.30. The number of hydrogen-bond acceptors (Lipinski definition) is 5. The first-order valence-electron chi connectivity index (χ1n) is 9.10. The molecule has 3 atom stereocenters. The molecular weight excluding hydrogens is 348 g/mol. The van der Waals surface area contributed by atoms with Crippen LogP contribution in [0.2, 0.25) is 0 Å². The number of carbonyl (C=O) groups is 1. The van der Waals surface area contributed by atoms with Gasteiger partial charge in [0.25, 0.3) is 0 Å². The molecule has 3 unspecified atom stereocenters. The number of nitrogens with zero attached hydrogens (tertiary/aromatic N) is 3. The molecule has 0 aliphatic heterocycles. The van der Waals surface area contributed by atoms with E-state index in [-0.39, 0.29) is 11.9 Å². The molecule has 1 N–H and O–H groups in total. The minimum absolute atomic E-state index is 0.0497. The maximum atomic E-state index is 12.4. The smallest absolute Gasteiger partial charge is 0.230 e. The molecule has 6 nitrogen and oxygen atoms in total. The van der Waals surface area contributed by atoms with Crippen LogP contribution < -0.4 is 5.32 Å². The summed E-state index contributed by atoms with van der Waals surface area (Å²) in [6, 6.07) is 3.93. The van der Waals surface area contributed by atoms with Gasteiger partial charge in [-0.3, -0.25) is 9.36 Å². The summed E-state index contributed by atoms with van der Waals surface area (Å²) < 4.78 is 7.33. The fraction of sp³-hybridized carbons (Fsp3) is 0.526. The average molecular weight is 375 g/mol. The van der Waals surface area contributed by atoms with Crippen LogP contribution in [0.25, 0.3) is 11.6 Å². The minimum Gasteiger partial charge on any atom is -0.461 e. The molecule has 2 aromatic rings. The predicted octanol–water partition coefficient (Wildman–Crippen LogP) is 3.76. The van der Waals surface area contributed by atoms with Crippen molar-refractivity contribution >= 4 is 17.7 Å². The number of allylic oxidation sites excluding steroid dienone is 1. The predicted molar refractivity (Wildman–Crippen MR) is 103 cm³/mol. The third-order valence-corrected chi connectivity index (χ3v) is 6.12. The Morgan fingerprint density at radius 1 is 1.46 bits per heavy atom. The monoisotopic (exact) mass is 374 g/mol.